The van der Waals surface area contributed by atoms with Crippen molar-refractivity contribution in [1.29, 1.82) is 0 Å². The lowest BCUT2D eigenvalue weighted by atomic mass is 9.98. The number of hydrogen-bond donors (Lipinski definition) is 2. The topological polar surface area (TPSA) is 98.5 Å². The fourth-order valence-corrected chi connectivity index (χ4v) is 3.52. The quantitative estimate of drug-likeness (QED) is 0.809. The summed E-state index contributed by atoms with van der Waals surface area (Å²) < 4.78 is 28.6. The van der Waals surface area contributed by atoms with Gasteiger partial charge < -0.3 is 10.1 Å². The lowest BCUT2D eigenvalue weighted by molar-refractivity contribution is -0.118. The van der Waals surface area contributed by atoms with Crippen LogP contribution in [0.3, 0.4) is 0 Å². The van der Waals surface area contributed by atoms with Gasteiger partial charge in [0.05, 0.1) is 4.90 Å². The van der Waals surface area contributed by atoms with Gasteiger partial charge in [-0.3, -0.25) is 4.79 Å². The Hall–Kier alpha value is -2.38. The van der Waals surface area contributed by atoms with Gasteiger partial charge >= 0.3 is 0 Å². The Kier molecular flexibility index (Phi) is 6.05. The minimum absolute atomic E-state index is 0.0175. The monoisotopic (exact) mass is 376 g/mol. The molecule has 6 nitrogen and oxygen atoms in total. The first kappa shape index (κ1) is 19.9. The van der Waals surface area contributed by atoms with Crippen molar-refractivity contribution in [3.05, 3.63) is 53.1 Å². The number of nitrogens with two attached hydrogens (primary N) is 1. The fraction of sp³-hybridized carbons (Fsp3) is 0.316. The number of sulfonamides is 1. The third kappa shape index (κ3) is 5.06. The summed E-state index contributed by atoms with van der Waals surface area (Å²) in [6.07, 6.45) is 0. The van der Waals surface area contributed by atoms with Crippen LogP contribution in [0.15, 0.2) is 41.3 Å². The lowest BCUT2D eigenvalue weighted by Crippen LogP contribution is -2.21. The molecule has 1 amide bonds. The van der Waals surface area contributed by atoms with E-state index < -0.39 is 10.0 Å². The summed E-state index contributed by atoms with van der Waals surface area (Å²) in [6.45, 7) is 7.70. The maximum Gasteiger partial charge on any atom is 0.262 e. The molecule has 0 unspecified atom stereocenters. The predicted octanol–water partition coefficient (Wildman–Crippen LogP) is 3.09. The van der Waals surface area contributed by atoms with E-state index in [0.29, 0.717) is 22.9 Å². The highest BCUT2D eigenvalue weighted by Gasteiger charge is 2.13. The molecule has 0 aliphatic heterocycles. The molecule has 0 aliphatic carbocycles. The number of nitrogens with one attached hydrogen (secondary N) is 1. The smallest absolute Gasteiger partial charge is 0.262 e. The Morgan fingerprint density at radius 1 is 1.12 bits per heavy atom. The maximum atomic E-state index is 12.1. The number of carbonyl (C=O) groups excluding carboxylic acids is 1. The van der Waals surface area contributed by atoms with Gasteiger partial charge in [-0.1, -0.05) is 26.0 Å². The molecule has 0 fully saturated rings. The van der Waals surface area contributed by atoms with Crippen LogP contribution in [0.25, 0.3) is 0 Å². The van der Waals surface area contributed by atoms with Gasteiger partial charge in [-0.25, -0.2) is 13.6 Å². The molecule has 2 rings (SSSR count). The number of carbonyl (C=O) groups is 1. The van der Waals surface area contributed by atoms with Crippen molar-refractivity contribution in [2.45, 2.75) is 38.5 Å². The first-order chi connectivity index (χ1) is 12.1. The van der Waals surface area contributed by atoms with Crippen LogP contribution in [-0.4, -0.2) is 20.9 Å². The number of rotatable bonds is 6. The second-order valence-corrected chi connectivity index (χ2v) is 8.07. The second-order valence-electron chi connectivity index (χ2n) is 6.54. The molecule has 0 spiro atoms. The van der Waals surface area contributed by atoms with Gasteiger partial charge in [-0.15, -0.1) is 0 Å². The summed E-state index contributed by atoms with van der Waals surface area (Å²) in [5.74, 6) is 0.637. The van der Waals surface area contributed by atoms with Crippen molar-refractivity contribution in [1.82, 2.24) is 0 Å². The molecular weight excluding hydrogens is 352 g/mol. The van der Waals surface area contributed by atoms with Crippen molar-refractivity contribution in [2.75, 3.05) is 11.9 Å². The number of anilines is 1. The van der Waals surface area contributed by atoms with Gasteiger partial charge in [-0.2, -0.15) is 0 Å². The van der Waals surface area contributed by atoms with Gasteiger partial charge in [-0.05, 0) is 60.7 Å². The Labute approximate surface area is 154 Å². The molecule has 0 aromatic heterocycles. The van der Waals surface area contributed by atoms with Crippen molar-refractivity contribution >= 4 is 21.6 Å². The SMILES string of the molecule is Cc1cc(OCC(=O)Nc2ccc(C)c(S(N)(=O)=O)c2)ccc1C(C)C. The van der Waals surface area contributed by atoms with Crippen molar-refractivity contribution in [2.24, 2.45) is 5.14 Å². The van der Waals surface area contributed by atoms with Gasteiger partial charge in [0.2, 0.25) is 10.0 Å². The Balaban J connectivity index is 2.03. The predicted molar refractivity (Wildman–Crippen MR) is 102 cm³/mol. The molecule has 0 heterocycles. The van der Waals surface area contributed by atoms with Crippen LogP contribution in [0.5, 0.6) is 5.75 Å². The molecule has 0 aliphatic rings. The van der Waals surface area contributed by atoms with Crippen molar-refractivity contribution in [3.63, 3.8) is 0 Å². The number of amides is 1. The Bertz CT molecular complexity index is 921. The normalized spacial score (nSPS) is 11.5. The molecule has 0 bridgehead atoms. The van der Waals surface area contributed by atoms with Crippen LogP contribution < -0.4 is 15.2 Å². The molecule has 2 aromatic carbocycles. The van der Waals surface area contributed by atoms with Crippen LogP contribution in [0.2, 0.25) is 0 Å². The van der Waals surface area contributed by atoms with E-state index in [9.17, 15) is 13.2 Å². The zero-order chi connectivity index (χ0) is 19.5. The standard InChI is InChI=1S/C19H24N2O4S/c1-12(2)17-8-7-16(9-14(17)4)25-11-19(22)21-15-6-5-13(3)18(10-15)26(20,23)24/h5-10,12H,11H2,1-4H3,(H,21,22)(H2,20,23,24). The van der Waals surface area contributed by atoms with Gasteiger partial charge in [0.1, 0.15) is 5.75 Å². The van der Waals surface area contributed by atoms with E-state index in [1.54, 1.807) is 19.1 Å². The van der Waals surface area contributed by atoms with E-state index in [0.717, 1.165) is 5.56 Å². The summed E-state index contributed by atoms with van der Waals surface area (Å²) in [5.41, 5.74) is 3.20. The molecule has 0 radical (unpaired) electrons. The van der Waals surface area contributed by atoms with Gasteiger partial charge in [0, 0.05) is 5.69 Å². The van der Waals surface area contributed by atoms with Gasteiger partial charge in [0.15, 0.2) is 6.61 Å². The molecule has 2 aromatic rings. The van der Waals surface area contributed by atoms with E-state index in [-0.39, 0.29) is 17.4 Å². The summed E-state index contributed by atoms with van der Waals surface area (Å²) in [5, 5.41) is 7.79. The van der Waals surface area contributed by atoms with E-state index in [4.69, 9.17) is 9.88 Å². The minimum Gasteiger partial charge on any atom is -0.484 e. The van der Waals surface area contributed by atoms with Gasteiger partial charge in [0.25, 0.3) is 5.91 Å². The molecule has 0 saturated heterocycles. The summed E-state index contributed by atoms with van der Waals surface area (Å²) in [6, 6.07) is 10.3. The molecular formula is C19H24N2O4S. The first-order valence-electron chi connectivity index (χ1n) is 8.24. The second kappa shape index (κ2) is 7.88. The first-order valence-corrected chi connectivity index (χ1v) is 9.79. The average molecular weight is 376 g/mol. The molecule has 0 saturated carbocycles. The van der Waals surface area contributed by atoms with E-state index >= 15 is 0 Å². The number of primary sulfonamides is 1. The molecule has 3 N–H and O–H groups in total. The van der Waals surface area contributed by atoms with Crippen LogP contribution in [0.4, 0.5) is 5.69 Å². The zero-order valence-corrected chi connectivity index (χ0v) is 16.2. The average Bonchev–Trinajstić information content (AvgIpc) is 2.53. The number of hydrogen-bond acceptors (Lipinski definition) is 4. The number of ether oxygens (including phenoxy) is 1. The molecule has 0 atom stereocenters. The third-order valence-electron chi connectivity index (χ3n) is 4.01. The molecule has 7 heteroatoms. The zero-order valence-electron chi connectivity index (χ0n) is 15.4. The molecule has 26 heavy (non-hydrogen) atoms. The third-order valence-corrected chi connectivity index (χ3v) is 5.06. The summed E-state index contributed by atoms with van der Waals surface area (Å²) in [4.78, 5) is 12.1. The summed E-state index contributed by atoms with van der Waals surface area (Å²) >= 11 is 0. The van der Waals surface area contributed by atoms with Crippen LogP contribution in [-0.2, 0) is 14.8 Å². The van der Waals surface area contributed by atoms with Crippen LogP contribution in [0.1, 0.15) is 36.5 Å². The van der Waals surface area contributed by atoms with E-state index in [2.05, 4.69) is 19.2 Å². The van der Waals surface area contributed by atoms with Crippen molar-refractivity contribution < 1.29 is 17.9 Å². The highest BCUT2D eigenvalue weighted by atomic mass is 32.2. The Morgan fingerprint density at radius 3 is 2.38 bits per heavy atom. The largest absolute Gasteiger partial charge is 0.484 e. The maximum absolute atomic E-state index is 12.1. The summed E-state index contributed by atoms with van der Waals surface area (Å²) in [7, 11) is -3.85. The Morgan fingerprint density at radius 2 is 1.81 bits per heavy atom. The minimum atomic E-state index is -3.85. The highest BCUT2D eigenvalue weighted by Crippen LogP contribution is 2.23. The molecule has 140 valence electrons. The number of aryl methyl sites for hydroxylation is 2. The van der Waals surface area contributed by atoms with Crippen LogP contribution >= 0.6 is 0 Å². The van der Waals surface area contributed by atoms with Crippen molar-refractivity contribution in [3.8, 4) is 5.75 Å². The lowest BCUT2D eigenvalue weighted by Gasteiger charge is -2.13. The van der Waals surface area contributed by atoms with E-state index in [1.807, 2.05) is 25.1 Å². The fourth-order valence-electron chi connectivity index (χ4n) is 2.72. The van der Waals surface area contributed by atoms with Crippen LogP contribution in [0, 0.1) is 13.8 Å². The number of benzene rings is 2. The van der Waals surface area contributed by atoms with E-state index in [1.165, 1.54) is 11.6 Å². The highest BCUT2D eigenvalue weighted by molar-refractivity contribution is 7.89.